The molecule has 16 heavy (non-hydrogen) atoms. The van der Waals surface area contributed by atoms with Gasteiger partial charge in [0, 0.05) is 12.5 Å². The molecular weight excluding hydrogens is 222 g/mol. The molecule has 1 aliphatic carbocycles. The highest BCUT2D eigenvalue weighted by Crippen LogP contribution is 2.26. The van der Waals surface area contributed by atoms with Crippen molar-refractivity contribution in [3.63, 3.8) is 0 Å². The fourth-order valence-corrected chi connectivity index (χ4v) is 3.41. The lowest BCUT2D eigenvalue weighted by atomic mass is 9.96. The van der Waals surface area contributed by atoms with Crippen LogP contribution in [0.15, 0.2) is 12.2 Å². The largest absolute Gasteiger partial charge is 0.388 e. The van der Waals surface area contributed by atoms with Crippen LogP contribution in [-0.2, 0) is 4.79 Å². The summed E-state index contributed by atoms with van der Waals surface area (Å²) in [5.41, 5.74) is -0.660. The topological polar surface area (TPSA) is 49.3 Å². The fraction of sp³-hybridized carbons (Fsp3) is 0.750. The Kier molecular flexibility index (Phi) is 3.92. The van der Waals surface area contributed by atoms with Crippen molar-refractivity contribution in [3.05, 3.63) is 12.2 Å². The molecule has 1 fully saturated rings. The van der Waals surface area contributed by atoms with Gasteiger partial charge < -0.3 is 10.4 Å². The average Bonchev–Trinajstić information content (AvgIpc) is 2.80. The van der Waals surface area contributed by atoms with Crippen LogP contribution < -0.4 is 5.32 Å². The number of carbonyl (C=O) groups excluding carboxylic acids is 1. The molecule has 0 unspecified atom stereocenters. The molecule has 0 aromatic carbocycles. The van der Waals surface area contributed by atoms with Crippen molar-refractivity contribution in [1.29, 1.82) is 0 Å². The van der Waals surface area contributed by atoms with Crippen LogP contribution in [0.1, 0.15) is 25.7 Å². The van der Waals surface area contributed by atoms with E-state index >= 15 is 0 Å². The third-order valence-electron chi connectivity index (χ3n) is 3.39. The fourth-order valence-electron chi connectivity index (χ4n) is 2.16. The van der Waals surface area contributed by atoms with Crippen LogP contribution in [0.4, 0.5) is 0 Å². The van der Waals surface area contributed by atoms with Gasteiger partial charge in [-0.05, 0) is 37.2 Å². The van der Waals surface area contributed by atoms with Crippen molar-refractivity contribution in [1.82, 2.24) is 5.32 Å². The third-order valence-corrected chi connectivity index (χ3v) is 4.38. The monoisotopic (exact) mass is 241 g/mol. The molecular formula is C12H19NO2S. The minimum absolute atomic E-state index is 0.0941. The highest BCUT2D eigenvalue weighted by atomic mass is 32.2. The quantitative estimate of drug-likeness (QED) is 0.733. The van der Waals surface area contributed by atoms with E-state index in [1.807, 2.05) is 11.8 Å². The second-order valence-electron chi connectivity index (χ2n) is 4.69. The highest BCUT2D eigenvalue weighted by molar-refractivity contribution is 7.99. The number of aliphatic hydroxyl groups is 1. The van der Waals surface area contributed by atoms with Crippen molar-refractivity contribution in [3.8, 4) is 0 Å². The summed E-state index contributed by atoms with van der Waals surface area (Å²) >= 11 is 1.87. The maximum absolute atomic E-state index is 11.8. The third kappa shape index (κ3) is 3.01. The predicted octanol–water partition coefficient (Wildman–Crippen LogP) is 1.33. The van der Waals surface area contributed by atoms with Crippen LogP contribution in [0.3, 0.4) is 0 Å². The van der Waals surface area contributed by atoms with Gasteiger partial charge in [0.15, 0.2) is 0 Å². The van der Waals surface area contributed by atoms with E-state index in [2.05, 4.69) is 17.5 Å². The van der Waals surface area contributed by atoms with E-state index < -0.39 is 5.60 Å². The molecule has 1 heterocycles. The van der Waals surface area contributed by atoms with Gasteiger partial charge in [0.05, 0.1) is 5.60 Å². The van der Waals surface area contributed by atoms with Crippen molar-refractivity contribution in [2.24, 2.45) is 5.92 Å². The zero-order valence-corrected chi connectivity index (χ0v) is 10.3. The molecule has 0 aromatic heterocycles. The van der Waals surface area contributed by atoms with E-state index in [0.29, 0.717) is 6.54 Å². The Balaban J connectivity index is 1.75. The maximum atomic E-state index is 11.8. The van der Waals surface area contributed by atoms with Crippen molar-refractivity contribution < 1.29 is 9.90 Å². The zero-order chi connectivity index (χ0) is 11.4. The normalized spacial score (nSPS) is 24.6. The van der Waals surface area contributed by atoms with Gasteiger partial charge >= 0.3 is 0 Å². The van der Waals surface area contributed by atoms with Gasteiger partial charge in [-0.1, -0.05) is 12.2 Å². The highest BCUT2D eigenvalue weighted by Gasteiger charge is 2.30. The van der Waals surface area contributed by atoms with E-state index in [0.717, 1.165) is 37.2 Å². The van der Waals surface area contributed by atoms with Crippen molar-refractivity contribution in [2.45, 2.75) is 31.3 Å². The summed E-state index contributed by atoms with van der Waals surface area (Å²) in [4.78, 5) is 11.8. The Hall–Kier alpha value is -0.480. The van der Waals surface area contributed by atoms with E-state index in [1.54, 1.807) is 0 Å². The summed E-state index contributed by atoms with van der Waals surface area (Å²) in [6.45, 7) is 0.420. The van der Waals surface area contributed by atoms with Gasteiger partial charge in [-0.2, -0.15) is 11.8 Å². The van der Waals surface area contributed by atoms with Crippen molar-refractivity contribution in [2.75, 3.05) is 18.1 Å². The molecule has 0 radical (unpaired) electrons. The van der Waals surface area contributed by atoms with E-state index in [1.165, 1.54) is 0 Å². The van der Waals surface area contributed by atoms with Gasteiger partial charge in [0.2, 0.25) is 5.91 Å². The van der Waals surface area contributed by atoms with Gasteiger partial charge in [-0.15, -0.1) is 0 Å². The zero-order valence-electron chi connectivity index (χ0n) is 9.45. The molecule has 2 N–H and O–H groups in total. The SMILES string of the molecule is O=C(NCC1(O)CCSCC1)C1CC=CC1. The number of carbonyl (C=O) groups is 1. The molecule has 2 aliphatic rings. The van der Waals surface area contributed by atoms with Crippen LogP contribution in [0.25, 0.3) is 0 Å². The van der Waals surface area contributed by atoms with Crippen LogP contribution in [-0.4, -0.2) is 34.7 Å². The van der Waals surface area contributed by atoms with Gasteiger partial charge in [0.25, 0.3) is 0 Å². The Morgan fingerprint density at radius 2 is 2.00 bits per heavy atom. The summed E-state index contributed by atoms with van der Waals surface area (Å²) in [6, 6.07) is 0. The number of rotatable bonds is 3. The van der Waals surface area contributed by atoms with Crippen LogP contribution in [0.2, 0.25) is 0 Å². The van der Waals surface area contributed by atoms with E-state index in [4.69, 9.17) is 0 Å². The first-order valence-corrected chi connectivity index (χ1v) is 7.08. The predicted molar refractivity (Wildman–Crippen MR) is 66.4 cm³/mol. The van der Waals surface area contributed by atoms with Gasteiger partial charge in [0.1, 0.15) is 0 Å². The summed E-state index contributed by atoms with van der Waals surface area (Å²) < 4.78 is 0. The molecule has 90 valence electrons. The second kappa shape index (κ2) is 5.23. The first kappa shape index (κ1) is 12.0. The smallest absolute Gasteiger partial charge is 0.223 e. The van der Waals surface area contributed by atoms with Crippen molar-refractivity contribution >= 4 is 17.7 Å². The van der Waals surface area contributed by atoms with Gasteiger partial charge in [-0.3, -0.25) is 4.79 Å². The Morgan fingerprint density at radius 3 is 2.62 bits per heavy atom. The number of nitrogens with one attached hydrogen (secondary N) is 1. The maximum Gasteiger partial charge on any atom is 0.223 e. The average molecular weight is 241 g/mol. The summed E-state index contributed by atoms with van der Waals surface area (Å²) in [5.74, 6) is 2.19. The van der Waals surface area contributed by atoms with Gasteiger partial charge in [-0.25, -0.2) is 0 Å². The summed E-state index contributed by atoms with van der Waals surface area (Å²) in [7, 11) is 0. The summed E-state index contributed by atoms with van der Waals surface area (Å²) in [5, 5.41) is 13.1. The number of hydrogen-bond acceptors (Lipinski definition) is 3. The molecule has 4 heteroatoms. The number of hydrogen-bond donors (Lipinski definition) is 2. The minimum Gasteiger partial charge on any atom is -0.388 e. The number of thioether (sulfide) groups is 1. The Bertz CT molecular complexity index is 277. The van der Waals surface area contributed by atoms with Crippen LogP contribution >= 0.6 is 11.8 Å². The lowest BCUT2D eigenvalue weighted by Gasteiger charge is -2.32. The molecule has 1 amide bonds. The molecule has 0 aromatic rings. The standard InChI is InChI=1S/C12H19NO2S/c14-11(10-3-1-2-4-10)13-9-12(15)5-7-16-8-6-12/h1-2,10,15H,3-9H2,(H,13,14). The van der Waals surface area contributed by atoms with E-state index in [-0.39, 0.29) is 11.8 Å². The lowest BCUT2D eigenvalue weighted by Crippen LogP contribution is -2.46. The molecule has 0 bridgehead atoms. The molecule has 0 saturated carbocycles. The molecule has 0 spiro atoms. The minimum atomic E-state index is -0.660. The number of allylic oxidation sites excluding steroid dienone is 2. The molecule has 1 saturated heterocycles. The molecule has 3 nitrogen and oxygen atoms in total. The second-order valence-corrected chi connectivity index (χ2v) is 5.92. The molecule has 1 aliphatic heterocycles. The Morgan fingerprint density at radius 1 is 1.38 bits per heavy atom. The lowest BCUT2D eigenvalue weighted by molar-refractivity contribution is -0.126. The summed E-state index contributed by atoms with van der Waals surface area (Å²) in [6.07, 6.45) is 7.38. The van der Waals surface area contributed by atoms with Crippen LogP contribution in [0.5, 0.6) is 0 Å². The Labute approximate surface area is 101 Å². The first-order chi connectivity index (χ1) is 7.70. The molecule has 2 rings (SSSR count). The molecule has 0 atom stereocenters. The van der Waals surface area contributed by atoms with Crippen LogP contribution in [0, 0.1) is 5.92 Å². The number of amides is 1. The first-order valence-electron chi connectivity index (χ1n) is 5.92. The van der Waals surface area contributed by atoms with E-state index in [9.17, 15) is 9.90 Å².